The molecule has 3 rings (SSSR count). The third-order valence-corrected chi connectivity index (χ3v) is 5.37. The van der Waals surface area contributed by atoms with Crippen molar-refractivity contribution in [2.75, 3.05) is 5.32 Å². The van der Waals surface area contributed by atoms with Gasteiger partial charge in [0.25, 0.3) is 0 Å². The lowest BCUT2D eigenvalue weighted by atomic mass is 9.90. The van der Waals surface area contributed by atoms with E-state index < -0.39 is 10.0 Å². The van der Waals surface area contributed by atoms with E-state index >= 15 is 0 Å². The van der Waals surface area contributed by atoms with E-state index in [-0.39, 0.29) is 17.4 Å². The fraction of sp³-hybridized carbons (Fsp3) is 0.278. The Morgan fingerprint density at radius 1 is 1.08 bits per heavy atom. The van der Waals surface area contributed by atoms with Crippen molar-refractivity contribution >= 4 is 21.7 Å². The fourth-order valence-electron chi connectivity index (χ4n) is 3.16. The van der Waals surface area contributed by atoms with Gasteiger partial charge in [-0.3, -0.25) is 0 Å². The molecule has 0 amide bonds. The molecule has 0 bridgehead atoms. The number of sulfonamides is 1. The normalized spacial score (nSPS) is 14.8. The summed E-state index contributed by atoms with van der Waals surface area (Å²) >= 11 is 0. The monoisotopic (exact) mass is 358 g/mol. The summed E-state index contributed by atoms with van der Waals surface area (Å²) in [7, 11) is -3.78. The molecule has 1 aliphatic carbocycles. The Labute approximate surface area is 148 Å². The third kappa shape index (κ3) is 4.18. The van der Waals surface area contributed by atoms with Gasteiger partial charge >= 0.3 is 0 Å². The summed E-state index contributed by atoms with van der Waals surface area (Å²) in [6.07, 6.45) is 4.50. The number of nitrogens with one attached hydrogen (secondary N) is 1. The van der Waals surface area contributed by atoms with Crippen molar-refractivity contribution in [1.29, 1.82) is 0 Å². The van der Waals surface area contributed by atoms with Crippen LogP contribution < -0.4 is 16.2 Å². The first-order valence-electron chi connectivity index (χ1n) is 8.23. The first-order chi connectivity index (χ1) is 11.9. The molecule has 1 aliphatic rings. The number of hydrogen-bond acceptors (Lipinski definition) is 3. The van der Waals surface area contributed by atoms with Crippen LogP contribution in [0.4, 0.5) is 5.69 Å². The predicted octanol–water partition coefficient (Wildman–Crippen LogP) is 2.14. The van der Waals surface area contributed by atoms with Crippen molar-refractivity contribution in [3.63, 3.8) is 0 Å². The van der Waals surface area contributed by atoms with E-state index in [2.05, 4.69) is 16.4 Å². The van der Waals surface area contributed by atoms with Gasteiger partial charge in [-0.25, -0.2) is 18.5 Å². The molecule has 0 saturated heterocycles. The summed E-state index contributed by atoms with van der Waals surface area (Å²) in [5.74, 6) is 0.253. The zero-order valence-electron chi connectivity index (χ0n) is 13.9. The maximum Gasteiger partial charge on any atom is 0.238 e. The van der Waals surface area contributed by atoms with Crippen molar-refractivity contribution in [3.05, 3.63) is 59.2 Å². The molecular weight excluding hydrogens is 336 g/mol. The van der Waals surface area contributed by atoms with E-state index in [1.54, 1.807) is 18.2 Å². The van der Waals surface area contributed by atoms with Crippen molar-refractivity contribution in [3.8, 4) is 0 Å². The van der Waals surface area contributed by atoms with E-state index in [9.17, 15) is 8.42 Å². The number of guanidine groups is 1. The van der Waals surface area contributed by atoms with Crippen LogP contribution in [0.1, 0.15) is 29.5 Å². The van der Waals surface area contributed by atoms with Gasteiger partial charge in [0.05, 0.1) is 11.4 Å². The highest BCUT2D eigenvalue weighted by atomic mass is 32.2. The smallest absolute Gasteiger partial charge is 0.238 e. The van der Waals surface area contributed by atoms with Crippen LogP contribution in [0.2, 0.25) is 0 Å². The molecule has 0 heterocycles. The standard InChI is InChI=1S/C18H22N4O2S/c19-18(21-12-14-7-2-4-11-17(14)25(20,23)24)22-16-10-5-8-13-6-1-3-9-15(13)16/h2,4-5,7-8,10-11H,1,3,6,9,12H2,(H3,19,21,22)(H2,20,23,24). The van der Waals surface area contributed by atoms with Crippen LogP contribution in [-0.4, -0.2) is 14.4 Å². The minimum atomic E-state index is -3.78. The lowest BCUT2D eigenvalue weighted by molar-refractivity contribution is 0.596. The van der Waals surface area contributed by atoms with Crippen molar-refractivity contribution in [1.82, 2.24) is 0 Å². The summed E-state index contributed by atoms with van der Waals surface area (Å²) in [5.41, 5.74) is 10.1. The van der Waals surface area contributed by atoms with E-state index in [1.807, 2.05) is 12.1 Å². The van der Waals surface area contributed by atoms with Crippen molar-refractivity contribution < 1.29 is 8.42 Å². The third-order valence-electron chi connectivity index (χ3n) is 4.36. The molecule has 7 heteroatoms. The number of primary sulfonamides is 1. The number of aliphatic imine (C=N–C) groups is 1. The minimum Gasteiger partial charge on any atom is -0.370 e. The number of hydrogen-bond donors (Lipinski definition) is 3. The highest BCUT2D eigenvalue weighted by Crippen LogP contribution is 2.27. The molecule has 2 aromatic carbocycles. The lowest BCUT2D eigenvalue weighted by Gasteiger charge is -2.19. The Balaban J connectivity index is 1.78. The number of benzene rings is 2. The van der Waals surface area contributed by atoms with E-state index in [1.165, 1.54) is 30.0 Å². The largest absolute Gasteiger partial charge is 0.370 e. The Bertz CT molecular complexity index is 907. The zero-order chi connectivity index (χ0) is 17.9. The maximum absolute atomic E-state index is 11.6. The van der Waals surface area contributed by atoms with Gasteiger partial charge in [-0.15, -0.1) is 0 Å². The molecule has 6 nitrogen and oxygen atoms in total. The molecular formula is C18H22N4O2S. The minimum absolute atomic E-state index is 0.0728. The second-order valence-corrected chi connectivity index (χ2v) is 7.66. The molecule has 0 atom stereocenters. The van der Waals surface area contributed by atoms with Gasteiger partial charge in [-0.1, -0.05) is 30.3 Å². The second kappa shape index (κ2) is 7.25. The number of rotatable bonds is 4. The van der Waals surface area contributed by atoms with Crippen LogP contribution in [0.3, 0.4) is 0 Å². The van der Waals surface area contributed by atoms with Crippen LogP contribution in [0, 0.1) is 0 Å². The molecule has 0 unspecified atom stereocenters. The average molecular weight is 358 g/mol. The molecule has 0 radical (unpaired) electrons. The zero-order valence-corrected chi connectivity index (χ0v) is 14.7. The van der Waals surface area contributed by atoms with Crippen LogP contribution >= 0.6 is 0 Å². The molecule has 132 valence electrons. The SMILES string of the molecule is NC(=NCc1ccccc1S(N)(=O)=O)Nc1cccc2c1CCCC2. The molecule has 0 aliphatic heterocycles. The van der Waals surface area contributed by atoms with Crippen molar-refractivity contribution in [2.24, 2.45) is 15.9 Å². The van der Waals surface area contributed by atoms with E-state index in [0.717, 1.165) is 18.5 Å². The summed E-state index contributed by atoms with van der Waals surface area (Å²) in [6, 6.07) is 12.7. The van der Waals surface area contributed by atoms with Crippen LogP contribution in [-0.2, 0) is 29.4 Å². The predicted molar refractivity (Wildman–Crippen MR) is 99.8 cm³/mol. The summed E-state index contributed by atoms with van der Waals surface area (Å²) in [6.45, 7) is 0.139. The van der Waals surface area contributed by atoms with Crippen molar-refractivity contribution in [2.45, 2.75) is 37.1 Å². The Hall–Kier alpha value is -2.38. The molecule has 0 saturated carbocycles. The molecule has 25 heavy (non-hydrogen) atoms. The second-order valence-electron chi connectivity index (χ2n) is 6.13. The van der Waals surface area contributed by atoms with E-state index in [4.69, 9.17) is 10.9 Å². The van der Waals surface area contributed by atoms with Gasteiger partial charge in [0, 0.05) is 5.69 Å². The number of anilines is 1. The summed E-state index contributed by atoms with van der Waals surface area (Å²) in [5, 5.41) is 8.39. The first kappa shape index (κ1) is 17.4. The number of nitrogens with two attached hydrogens (primary N) is 2. The average Bonchev–Trinajstić information content (AvgIpc) is 2.60. The number of nitrogens with zero attached hydrogens (tertiary/aromatic N) is 1. The highest BCUT2D eigenvalue weighted by Gasteiger charge is 2.14. The van der Waals surface area contributed by atoms with Gasteiger partial charge in [-0.05, 0) is 54.5 Å². The van der Waals surface area contributed by atoms with Gasteiger partial charge in [0.15, 0.2) is 5.96 Å². The molecule has 0 aromatic heterocycles. The number of aryl methyl sites for hydroxylation is 1. The topological polar surface area (TPSA) is 111 Å². The van der Waals surface area contributed by atoms with Gasteiger partial charge in [-0.2, -0.15) is 0 Å². The van der Waals surface area contributed by atoms with Gasteiger partial charge in [0.1, 0.15) is 0 Å². The van der Waals surface area contributed by atoms with Crippen LogP contribution in [0.25, 0.3) is 0 Å². The summed E-state index contributed by atoms with van der Waals surface area (Å²) in [4.78, 5) is 4.35. The first-order valence-corrected chi connectivity index (χ1v) is 9.78. The number of fused-ring (bicyclic) bond motifs is 1. The van der Waals surface area contributed by atoms with Gasteiger partial charge < -0.3 is 11.1 Å². The molecule has 0 spiro atoms. The Morgan fingerprint density at radius 2 is 1.84 bits per heavy atom. The highest BCUT2D eigenvalue weighted by molar-refractivity contribution is 7.89. The van der Waals surface area contributed by atoms with Crippen LogP contribution in [0.5, 0.6) is 0 Å². The fourth-order valence-corrected chi connectivity index (χ4v) is 3.92. The molecule has 2 aromatic rings. The van der Waals surface area contributed by atoms with Crippen LogP contribution in [0.15, 0.2) is 52.4 Å². The van der Waals surface area contributed by atoms with Gasteiger partial charge in [0.2, 0.25) is 10.0 Å². The Morgan fingerprint density at radius 3 is 2.64 bits per heavy atom. The molecule has 5 N–H and O–H groups in total. The van der Waals surface area contributed by atoms with E-state index in [0.29, 0.717) is 5.56 Å². The summed E-state index contributed by atoms with van der Waals surface area (Å²) < 4.78 is 23.3. The lowest BCUT2D eigenvalue weighted by Crippen LogP contribution is -2.24. The Kier molecular flexibility index (Phi) is 5.06. The quantitative estimate of drug-likeness (QED) is 0.574. The maximum atomic E-state index is 11.6. The molecule has 0 fully saturated rings.